The van der Waals surface area contributed by atoms with Crippen LogP contribution in [0.3, 0.4) is 0 Å². The van der Waals surface area contributed by atoms with Gasteiger partial charge in [-0.2, -0.15) is 4.31 Å². The minimum atomic E-state index is -3.60. The van der Waals surface area contributed by atoms with Gasteiger partial charge in [-0.25, -0.2) is 8.42 Å². The molecule has 2 unspecified atom stereocenters. The molecule has 2 heterocycles. The molecule has 2 aliphatic heterocycles. The minimum Gasteiger partial charge on any atom is -0.481 e. The van der Waals surface area contributed by atoms with Gasteiger partial charge in [0.1, 0.15) is 0 Å². The molecule has 2 atom stereocenters. The first kappa shape index (κ1) is 16.7. The van der Waals surface area contributed by atoms with Crippen molar-refractivity contribution in [3.8, 4) is 0 Å². The van der Waals surface area contributed by atoms with Gasteiger partial charge in [0.15, 0.2) is 0 Å². The number of carboxylic acid groups (broad SMARTS) is 1. The average molecular weight is 321 g/mol. The van der Waals surface area contributed by atoms with Gasteiger partial charge in [-0.15, -0.1) is 0 Å². The monoisotopic (exact) mass is 321 g/mol. The molecule has 8 heteroatoms. The molecule has 0 aromatic rings. The van der Waals surface area contributed by atoms with E-state index in [-0.39, 0.29) is 24.4 Å². The molecule has 2 rings (SSSR count). The molecule has 0 aromatic carbocycles. The Morgan fingerprint density at radius 2 is 1.62 bits per heavy atom. The lowest BCUT2D eigenvalue weighted by atomic mass is 10.2. The summed E-state index contributed by atoms with van der Waals surface area (Å²) in [5, 5.41) is 8.69. The smallest absolute Gasteiger partial charge is 0.304 e. The number of hydrogen-bond acceptors (Lipinski definition) is 5. The van der Waals surface area contributed by atoms with E-state index in [0.29, 0.717) is 26.3 Å². The van der Waals surface area contributed by atoms with Crippen molar-refractivity contribution in [1.82, 2.24) is 4.31 Å². The van der Waals surface area contributed by atoms with Crippen LogP contribution in [0.15, 0.2) is 0 Å². The Morgan fingerprint density at radius 3 is 2.00 bits per heavy atom. The first-order valence-corrected chi connectivity index (χ1v) is 9.01. The Morgan fingerprint density at radius 1 is 1.10 bits per heavy atom. The van der Waals surface area contributed by atoms with Crippen LogP contribution in [0.1, 0.15) is 32.1 Å². The summed E-state index contributed by atoms with van der Waals surface area (Å²) in [5.74, 6) is -1.48. The first-order valence-electron chi connectivity index (χ1n) is 7.40. The third kappa shape index (κ3) is 5.21. The molecule has 2 fully saturated rings. The highest BCUT2D eigenvalue weighted by atomic mass is 32.2. The summed E-state index contributed by atoms with van der Waals surface area (Å²) >= 11 is 0. The predicted octanol–water partition coefficient (Wildman–Crippen LogP) is 0.451. The van der Waals surface area contributed by atoms with Crippen LogP contribution in [0.2, 0.25) is 0 Å². The van der Waals surface area contributed by atoms with Crippen molar-refractivity contribution in [2.24, 2.45) is 0 Å². The van der Waals surface area contributed by atoms with E-state index in [0.717, 1.165) is 25.7 Å². The van der Waals surface area contributed by atoms with Crippen LogP contribution >= 0.6 is 0 Å². The van der Waals surface area contributed by atoms with Crippen LogP contribution in [0.5, 0.6) is 0 Å². The molecule has 1 N–H and O–H groups in total. The molecule has 2 saturated heterocycles. The minimum absolute atomic E-state index is 0.0917. The van der Waals surface area contributed by atoms with Crippen LogP contribution in [-0.4, -0.2) is 68.1 Å². The predicted molar refractivity (Wildman–Crippen MR) is 75.6 cm³/mol. The Bertz CT molecular complexity index is 422. The van der Waals surface area contributed by atoms with E-state index in [1.54, 1.807) is 0 Å². The Kier molecular flexibility index (Phi) is 5.98. The van der Waals surface area contributed by atoms with Crippen molar-refractivity contribution >= 4 is 16.0 Å². The van der Waals surface area contributed by atoms with Crippen molar-refractivity contribution in [3.05, 3.63) is 0 Å². The van der Waals surface area contributed by atoms with Crippen LogP contribution < -0.4 is 0 Å². The molecule has 0 radical (unpaired) electrons. The summed E-state index contributed by atoms with van der Waals surface area (Å²) in [6, 6.07) is 0. The maximum Gasteiger partial charge on any atom is 0.304 e. The topological polar surface area (TPSA) is 93.1 Å². The normalized spacial score (nSPS) is 26.5. The molecular formula is C13H23NO6S. The summed E-state index contributed by atoms with van der Waals surface area (Å²) in [7, 11) is -3.60. The first-order chi connectivity index (χ1) is 9.97. The molecule has 21 heavy (non-hydrogen) atoms. The molecular weight excluding hydrogens is 298 g/mol. The van der Waals surface area contributed by atoms with Crippen molar-refractivity contribution < 1.29 is 27.8 Å². The fourth-order valence-electron chi connectivity index (χ4n) is 2.68. The maximum absolute atomic E-state index is 12.4. The van der Waals surface area contributed by atoms with E-state index in [4.69, 9.17) is 14.6 Å². The van der Waals surface area contributed by atoms with Gasteiger partial charge in [0, 0.05) is 26.3 Å². The summed E-state index contributed by atoms with van der Waals surface area (Å²) in [6.07, 6.45) is 3.00. The average Bonchev–Trinajstić information content (AvgIpc) is 3.09. The SMILES string of the molecule is O=C(O)CCS(=O)(=O)N(CC1CCCO1)CC1CCCO1. The fourth-order valence-corrected chi connectivity index (χ4v) is 4.16. The second kappa shape index (κ2) is 7.53. The van der Waals surface area contributed by atoms with Crippen LogP contribution in [0.4, 0.5) is 0 Å². The highest BCUT2D eigenvalue weighted by molar-refractivity contribution is 7.89. The number of ether oxygens (including phenoxy) is 2. The molecule has 0 amide bonds. The van der Waals surface area contributed by atoms with E-state index >= 15 is 0 Å². The lowest BCUT2D eigenvalue weighted by molar-refractivity contribution is -0.136. The summed E-state index contributed by atoms with van der Waals surface area (Å²) in [4.78, 5) is 10.6. The second-order valence-corrected chi connectivity index (χ2v) is 7.64. The van der Waals surface area contributed by atoms with Crippen LogP contribution in [0, 0.1) is 0 Å². The Balaban J connectivity index is 1.99. The van der Waals surface area contributed by atoms with Crippen LogP contribution in [0.25, 0.3) is 0 Å². The van der Waals surface area contributed by atoms with E-state index in [2.05, 4.69) is 0 Å². The second-order valence-electron chi connectivity index (χ2n) is 5.55. The van der Waals surface area contributed by atoms with Gasteiger partial charge >= 0.3 is 5.97 Å². The van der Waals surface area contributed by atoms with Gasteiger partial charge in [-0.3, -0.25) is 4.79 Å². The van der Waals surface area contributed by atoms with E-state index in [1.165, 1.54) is 4.31 Å². The number of carboxylic acids is 1. The third-order valence-electron chi connectivity index (χ3n) is 3.83. The lowest BCUT2D eigenvalue weighted by Gasteiger charge is -2.26. The quantitative estimate of drug-likeness (QED) is 0.698. The van der Waals surface area contributed by atoms with Crippen LogP contribution in [-0.2, 0) is 24.3 Å². The standard InChI is InChI=1S/C13H23NO6S/c15-13(16)5-8-21(17,18)14(9-11-3-1-6-19-11)10-12-4-2-7-20-12/h11-12H,1-10H2,(H,15,16). The number of sulfonamides is 1. The van der Waals surface area contributed by atoms with Gasteiger partial charge in [0.25, 0.3) is 0 Å². The fraction of sp³-hybridized carbons (Fsp3) is 0.923. The zero-order chi connectivity index (χ0) is 15.3. The van der Waals surface area contributed by atoms with Crippen molar-refractivity contribution in [3.63, 3.8) is 0 Å². The highest BCUT2D eigenvalue weighted by Crippen LogP contribution is 2.19. The molecule has 0 aromatic heterocycles. The zero-order valence-electron chi connectivity index (χ0n) is 12.1. The van der Waals surface area contributed by atoms with Gasteiger partial charge in [-0.05, 0) is 25.7 Å². The Hall–Kier alpha value is -0.700. The lowest BCUT2D eigenvalue weighted by Crippen LogP contribution is -2.43. The van der Waals surface area contributed by atoms with E-state index in [9.17, 15) is 13.2 Å². The number of hydrogen-bond donors (Lipinski definition) is 1. The number of aliphatic carboxylic acids is 1. The molecule has 7 nitrogen and oxygen atoms in total. The number of nitrogens with zero attached hydrogens (tertiary/aromatic N) is 1. The van der Waals surface area contributed by atoms with Gasteiger partial charge in [-0.1, -0.05) is 0 Å². The van der Waals surface area contributed by atoms with E-state index in [1.807, 2.05) is 0 Å². The molecule has 0 saturated carbocycles. The van der Waals surface area contributed by atoms with Crippen molar-refractivity contribution in [2.75, 3.05) is 32.1 Å². The van der Waals surface area contributed by atoms with Gasteiger partial charge in [0.05, 0.1) is 24.4 Å². The zero-order valence-corrected chi connectivity index (χ0v) is 12.9. The molecule has 0 spiro atoms. The summed E-state index contributed by atoms with van der Waals surface area (Å²) in [6.45, 7) is 1.91. The summed E-state index contributed by atoms with van der Waals surface area (Å²) < 4.78 is 37.1. The molecule has 0 aliphatic carbocycles. The largest absolute Gasteiger partial charge is 0.481 e. The number of carbonyl (C=O) groups is 1. The molecule has 122 valence electrons. The molecule has 0 bridgehead atoms. The third-order valence-corrected chi connectivity index (χ3v) is 5.63. The summed E-state index contributed by atoms with van der Waals surface area (Å²) in [5.41, 5.74) is 0. The van der Waals surface area contributed by atoms with Crippen molar-refractivity contribution in [1.29, 1.82) is 0 Å². The Labute approximate surface area is 125 Å². The highest BCUT2D eigenvalue weighted by Gasteiger charge is 2.31. The molecule has 2 aliphatic rings. The van der Waals surface area contributed by atoms with E-state index < -0.39 is 16.0 Å². The van der Waals surface area contributed by atoms with Gasteiger partial charge < -0.3 is 14.6 Å². The number of rotatable bonds is 8. The van der Waals surface area contributed by atoms with Gasteiger partial charge in [0.2, 0.25) is 10.0 Å². The maximum atomic E-state index is 12.4. The van der Waals surface area contributed by atoms with Crippen molar-refractivity contribution in [2.45, 2.75) is 44.3 Å².